The third-order valence-corrected chi connectivity index (χ3v) is 9.98. The number of rotatable bonds is 0. The van der Waals surface area contributed by atoms with Crippen molar-refractivity contribution in [1.29, 1.82) is 0 Å². The largest absolute Gasteiger partial charge is 0.472 e. The first-order valence-electron chi connectivity index (χ1n) is 31.1. The molecule has 3 N–H and O–H groups in total. The highest BCUT2D eigenvalue weighted by molar-refractivity contribution is 7.11. The Balaban J connectivity index is -0.000000137. The highest BCUT2D eigenvalue weighted by Gasteiger charge is 1.92. The number of oxazole rings is 1. The van der Waals surface area contributed by atoms with E-state index in [4.69, 9.17) is 8.83 Å². The van der Waals surface area contributed by atoms with E-state index in [9.17, 15) is 0 Å². The van der Waals surface area contributed by atoms with E-state index in [-0.39, 0.29) is 0 Å². The van der Waals surface area contributed by atoms with Crippen LogP contribution in [-0.2, 0) is 14.1 Å². The van der Waals surface area contributed by atoms with Crippen LogP contribution in [0.1, 0.15) is 189 Å². The molecule has 92 heavy (non-hydrogen) atoms. The maximum Gasteiger partial charge on any atom is 0.223 e. The highest BCUT2D eigenvalue weighted by atomic mass is 32.1. The number of thiophene rings is 1. The molecule has 12 aromatic rings. The van der Waals surface area contributed by atoms with Crippen molar-refractivity contribution in [3.8, 4) is 0 Å². The summed E-state index contributed by atoms with van der Waals surface area (Å²) in [4.78, 5) is 18.2. The Morgan fingerprint density at radius 1 is 0.543 bits per heavy atom. The highest BCUT2D eigenvalue weighted by Crippen LogP contribution is 2.04. The number of H-pyrrole nitrogens is 3. The van der Waals surface area contributed by atoms with Crippen molar-refractivity contribution < 1.29 is 17.8 Å². The molecule has 0 amide bonds. The zero-order valence-corrected chi connectivity index (χ0v) is 64.6. The van der Waals surface area contributed by atoms with Gasteiger partial charge in [0.1, 0.15) is 39.8 Å². The molecule has 12 heterocycles. The van der Waals surface area contributed by atoms with Gasteiger partial charge in [0.25, 0.3) is 0 Å². The van der Waals surface area contributed by atoms with Gasteiger partial charge in [0, 0.05) is 77.7 Å². The molecule has 25 heteroatoms. The van der Waals surface area contributed by atoms with Crippen molar-refractivity contribution in [2.45, 2.75) is 208 Å². The first-order chi connectivity index (χ1) is 44.3. The van der Waals surface area contributed by atoms with Gasteiger partial charge >= 0.3 is 0 Å². The molecule has 0 aromatic carbocycles. The maximum atomic E-state index is 4.86. The Kier molecular flexibility index (Phi) is 85.6. The van der Waals surface area contributed by atoms with Crippen molar-refractivity contribution in [1.82, 2.24) is 89.6 Å². The van der Waals surface area contributed by atoms with Crippen LogP contribution in [0, 0.1) is 96.9 Å². The molecule has 0 atom stereocenters. The van der Waals surface area contributed by atoms with Gasteiger partial charge in [-0.15, -0.1) is 31.7 Å². The Morgan fingerprint density at radius 2 is 1.13 bits per heavy atom. The van der Waals surface area contributed by atoms with Crippen LogP contribution >= 0.6 is 34.2 Å². The van der Waals surface area contributed by atoms with Crippen molar-refractivity contribution in [3.63, 3.8) is 0 Å². The molecular formula is C67H120N18O4S3. The summed E-state index contributed by atoms with van der Waals surface area (Å²) in [5.74, 6) is 3.44. The monoisotopic (exact) mass is 1340 g/mol. The molecule has 520 valence electrons. The second kappa shape index (κ2) is 78.8. The van der Waals surface area contributed by atoms with E-state index in [1.54, 1.807) is 92.6 Å². The van der Waals surface area contributed by atoms with Crippen LogP contribution in [0.4, 0.5) is 0 Å². The topological polar surface area (TPSA) is 277 Å². The second-order valence-corrected chi connectivity index (χ2v) is 18.6. The number of aromatic nitrogens is 18. The first-order valence-corrected chi connectivity index (χ1v) is 33.6. The normalized spacial score (nSPS) is 8.00. The smallest absolute Gasteiger partial charge is 0.223 e. The minimum atomic E-state index is 0.623. The zero-order chi connectivity index (χ0) is 72.4. The van der Waals surface area contributed by atoms with Crippen LogP contribution in [0.5, 0.6) is 0 Å². The molecular weight excluding hydrogens is 1220 g/mol. The van der Waals surface area contributed by atoms with Gasteiger partial charge in [0.15, 0.2) is 12.2 Å². The number of hydrogen-bond acceptors (Lipinski definition) is 20. The molecule has 0 unspecified atom stereocenters. The fourth-order valence-electron chi connectivity index (χ4n) is 4.27. The van der Waals surface area contributed by atoms with Gasteiger partial charge in [-0.1, -0.05) is 116 Å². The Morgan fingerprint density at radius 3 is 1.26 bits per heavy atom. The van der Waals surface area contributed by atoms with E-state index in [0.717, 1.165) is 32.2 Å². The van der Waals surface area contributed by atoms with E-state index in [1.807, 2.05) is 246 Å². The average Bonchev–Trinajstić information content (AvgIpc) is 4.54. The fourth-order valence-corrected chi connectivity index (χ4v) is 6.00. The number of furan rings is 1. The zero-order valence-electron chi connectivity index (χ0n) is 62.2. The van der Waals surface area contributed by atoms with Crippen molar-refractivity contribution in [2.24, 2.45) is 14.1 Å². The van der Waals surface area contributed by atoms with Crippen LogP contribution in [0.3, 0.4) is 0 Å². The van der Waals surface area contributed by atoms with Crippen LogP contribution in [0.15, 0.2) is 146 Å². The van der Waals surface area contributed by atoms with Gasteiger partial charge in [-0.05, 0) is 157 Å². The molecule has 22 nitrogen and oxygen atoms in total. The summed E-state index contributed by atoms with van der Waals surface area (Å²) in [6.07, 6.45) is 22.7. The molecule has 0 aliphatic rings. The molecule has 0 aliphatic carbocycles. The summed E-state index contributed by atoms with van der Waals surface area (Å²) in [6, 6.07) is 12.0. The standard InChI is InChI=1S/2C5H7N.C5H6O.C5H6S.2C4H6N2O.2C4H6N2S.2C4H6N2.C4H5NO.C3H5N3.8C2H6/c1-5-2-3-6-4-5;1-6-4-2-3-5-6;2*1-5-2-3-6-4-5;1-3-5-6-4(2)7-3;1-3-5-4(2)7-6-3;1-3-5-6-4(2)7-3;1-3-5-4(2)7-6-3;1-4-2-5-6-3-4;1-4-2-3-5-6-4;1-4-2-6-3-5-4;1-6-3-4-2-5-6;8*1-2/h2-4,6H,1H3;2-5H,1H3;2*2-4H,1H3;4*1-2H3;2*2-3H,1H3,(H,5,6);2*2-3H,1H3;8*1-2H3. The summed E-state index contributed by atoms with van der Waals surface area (Å²) in [5.41, 5.74) is 7.03. The molecule has 0 radical (unpaired) electrons. The van der Waals surface area contributed by atoms with Crippen LogP contribution in [0.2, 0.25) is 0 Å². The molecule has 12 rings (SSSR count). The van der Waals surface area contributed by atoms with Crippen LogP contribution in [-0.4, -0.2) is 89.6 Å². The molecule has 0 bridgehead atoms. The third-order valence-electron chi connectivity index (χ3n) is 7.71. The lowest BCUT2D eigenvalue weighted by Crippen LogP contribution is -1.83. The van der Waals surface area contributed by atoms with Gasteiger partial charge in [-0.2, -0.15) is 36.0 Å². The number of nitrogens with one attached hydrogen (secondary N) is 3. The summed E-state index contributed by atoms with van der Waals surface area (Å²) in [5, 5.41) is 42.2. The summed E-state index contributed by atoms with van der Waals surface area (Å²) < 4.78 is 26.4. The fraction of sp³-hybridized carbons (Fsp3) is 0.478. The maximum absolute atomic E-state index is 4.86. The van der Waals surface area contributed by atoms with Gasteiger partial charge in [0.05, 0.1) is 24.4 Å². The van der Waals surface area contributed by atoms with Gasteiger partial charge in [0.2, 0.25) is 17.7 Å². The summed E-state index contributed by atoms with van der Waals surface area (Å²) in [7, 11) is 3.83. The molecule has 0 fully saturated rings. The minimum Gasteiger partial charge on any atom is -0.472 e. The molecule has 0 saturated heterocycles. The van der Waals surface area contributed by atoms with Crippen molar-refractivity contribution in [2.75, 3.05) is 0 Å². The number of aryl methyl sites for hydroxylation is 16. The lowest BCUT2D eigenvalue weighted by atomic mass is 10.4. The second-order valence-electron chi connectivity index (χ2n) is 15.5. The Labute approximate surface area is 566 Å². The van der Waals surface area contributed by atoms with E-state index >= 15 is 0 Å². The Bertz CT molecular complexity index is 2400. The number of aromatic amines is 3. The number of hydrogen-bond donors (Lipinski definition) is 3. The van der Waals surface area contributed by atoms with E-state index < -0.39 is 0 Å². The molecule has 0 saturated carbocycles. The van der Waals surface area contributed by atoms with Crippen LogP contribution in [0.25, 0.3) is 0 Å². The first kappa shape index (κ1) is 99.9. The number of nitrogens with zero attached hydrogens (tertiary/aromatic N) is 15. The van der Waals surface area contributed by atoms with Gasteiger partial charge < -0.3 is 27.3 Å². The predicted octanol–water partition coefficient (Wildman–Crippen LogP) is 20.1. The van der Waals surface area contributed by atoms with Crippen LogP contribution < -0.4 is 0 Å². The lowest BCUT2D eigenvalue weighted by Gasteiger charge is -1.79. The summed E-state index contributed by atoms with van der Waals surface area (Å²) in [6.45, 7) is 58.8. The van der Waals surface area contributed by atoms with E-state index in [1.165, 1.54) is 46.5 Å². The molecule has 12 aromatic heterocycles. The third kappa shape index (κ3) is 76.0. The van der Waals surface area contributed by atoms with Gasteiger partial charge in [-0.25, -0.2) is 15.0 Å². The van der Waals surface area contributed by atoms with E-state index in [0.29, 0.717) is 23.5 Å². The average molecular weight is 1340 g/mol. The SMILES string of the molecule is CC.CC.CC.CC.CC.CC.CC.CC.Cc1cc[nH]c1.Cc1ccn[nH]1.Cc1ccoc1.Cc1ccsc1.Cc1cn[nH]c1.Cc1cocn1.Cc1nnc(C)o1.Cc1nnc(C)s1.Cc1noc(C)n1.Cc1nsc(C)n1.Cn1cccc1.Cn1cncn1. The summed E-state index contributed by atoms with van der Waals surface area (Å²) >= 11 is 4.80. The van der Waals surface area contributed by atoms with Crippen molar-refractivity contribution in [3.05, 3.63) is 206 Å². The minimum absolute atomic E-state index is 0.623. The quantitative estimate of drug-likeness (QED) is 0.127. The lowest BCUT2D eigenvalue weighted by molar-refractivity contribution is 0.389. The van der Waals surface area contributed by atoms with Gasteiger partial charge in [-0.3, -0.25) is 14.9 Å². The van der Waals surface area contributed by atoms with E-state index in [2.05, 4.69) is 120 Å². The molecule has 0 spiro atoms. The molecule has 0 aliphatic heterocycles. The Hall–Kier alpha value is -8.29. The predicted molar refractivity (Wildman–Crippen MR) is 389 cm³/mol. The van der Waals surface area contributed by atoms with Crippen molar-refractivity contribution >= 4 is 34.2 Å².